The van der Waals surface area contributed by atoms with E-state index in [1.165, 1.54) is 44.9 Å². The molecular formula is C21H43KO4S. The molecule has 0 spiro atoms. The maximum absolute atomic E-state index is 11.5. The summed E-state index contributed by atoms with van der Waals surface area (Å²) in [7, 11) is -4.66. The minimum absolute atomic E-state index is 0. The van der Waals surface area contributed by atoms with Crippen molar-refractivity contribution < 1.29 is 69.5 Å². The van der Waals surface area contributed by atoms with E-state index in [2.05, 4.69) is 13.8 Å². The van der Waals surface area contributed by atoms with Gasteiger partial charge in [0.1, 0.15) is 10.1 Å². The molecule has 1 unspecified atom stereocenters. The van der Waals surface area contributed by atoms with Crippen LogP contribution < -0.4 is 51.4 Å². The summed E-state index contributed by atoms with van der Waals surface area (Å²) in [5.74, 6) is 0. The van der Waals surface area contributed by atoms with E-state index >= 15 is 0 Å². The van der Waals surface area contributed by atoms with Crippen molar-refractivity contribution in [3.8, 4) is 0 Å². The fourth-order valence-corrected chi connectivity index (χ4v) is 4.23. The van der Waals surface area contributed by atoms with Crippen molar-refractivity contribution in [2.24, 2.45) is 0 Å². The van der Waals surface area contributed by atoms with Gasteiger partial charge in [-0.15, -0.1) is 0 Å². The minimum atomic E-state index is -4.66. The Morgan fingerprint density at radius 1 is 0.630 bits per heavy atom. The fourth-order valence-electron chi connectivity index (χ4n) is 3.45. The Kier molecular flexibility index (Phi) is 22.1. The normalized spacial score (nSPS) is 13.9. The third kappa shape index (κ3) is 16.9. The van der Waals surface area contributed by atoms with Crippen LogP contribution in [0.15, 0.2) is 0 Å². The SMILES string of the molecule is CCCCCCCCCCCCCC(O)(CCCCCCC)S(=O)(=O)[O-].[K+]. The fraction of sp³-hybridized carbons (Fsp3) is 1.00. The van der Waals surface area contributed by atoms with Gasteiger partial charge in [0.05, 0.1) is 0 Å². The van der Waals surface area contributed by atoms with Crippen molar-refractivity contribution in [2.75, 3.05) is 0 Å². The van der Waals surface area contributed by atoms with E-state index in [9.17, 15) is 18.1 Å². The second kappa shape index (κ2) is 19.5. The zero-order valence-corrected chi connectivity index (χ0v) is 22.2. The molecule has 0 aromatic carbocycles. The molecule has 0 saturated heterocycles. The summed E-state index contributed by atoms with van der Waals surface area (Å²) in [5, 5.41) is 10.3. The zero-order chi connectivity index (χ0) is 19.7. The van der Waals surface area contributed by atoms with Crippen molar-refractivity contribution >= 4 is 10.1 Å². The first kappa shape index (κ1) is 30.7. The van der Waals surface area contributed by atoms with Crippen LogP contribution in [-0.2, 0) is 10.1 Å². The van der Waals surface area contributed by atoms with E-state index in [1.54, 1.807) is 0 Å². The first-order valence-corrected chi connectivity index (χ1v) is 12.5. The molecule has 0 aliphatic carbocycles. The molecule has 0 aromatic rings. The van der Waals surface area contributed by atoms with Crippen LogP contribution in [0.4, 0.5) is 0 Å². The molecule has 4 nitrogen and oxygen atoms in total. The van der Waals surface area contributed by atoms with Gasteiger partial charge >= 0.3 is 51.4 Å². The summed E-state index contributed by atoms with van der Waals surface area (Å²) in [5.41, 5.74) is 0. The van der Waals surface area contributed by atoms with Gasteiger partial charge in [-0.2, -0.15) is 0 Å². The van der Waals surface area contributed by atoms with Crippen molar-refractivity contribution in [3.05, 3.63) is 0 Å². The minimum Gasteiger partial charge on any atom is -0.746 e. The average Bonchev–Trinajstić information content (AvgIpc) is 2.58. The Hall–Kier alpha value is 1.51. The van der Waals surface area contributed by atoms with Crippen molar-refractivity contribution in [2.45, 2.75) is 134 Å². The molecule has 0 bridgehead atoms. The van der Waals surface area contributed by atoms with Crippen molar-refractivity contribution in [3.63, 3.8) is 0 Å². The van der Waals surface area contributed by atoms with E-state index in [1.807, 2.05) is 0 Å². The third-order valence-electron chi connectivity index (χ3n) is 5.31. The predicted molar refractivity (Wildman–Crippen MR) is 109 cm³/mol. The first-order valence-electron chi connectivity index (χ1n) is 11.0. The molecule has 0 heterocycles. The van der Waals surface area contributed by atoms with Gasteiger partial charge in [-0.25, -0.2) is 8.42 Å². The Morgan fingerprint density at radius 3 is 1.15 bits per heavy atom. The Bertz CT molecular complexity index is 414. The van der Waals surface area contributed by atoms with E-state index in [0.29, 0.717) is 12.8 Å². The molecule has 0 aliphatic heterocycles. The van der Waals surface area contributed by atoms with Gasteiger partial charge in [0.15, 0.2) is 4.93 Å². The van der Waals surface area contributed by atoms with Gasteiger partial charge in [0.2, 0.25) is 0 Å². The van der Waals surface area contributed by atoms with Gasteiger partial charge in [-0.3, -0.25) is 0 Å². The van der Waals surface area contributed by atoms with Gasteiger partial charge in [-0.05, 0) is 25.7 Å². The molecule has 0 saturated carbocycles. The summed E-state index contributed by atoms with van der Waals surface area (Å²) in [6, 6.07) is 0. The van der Waals surface area contributed by atoms with E-state index in [-0.39, 0.29) is 64.2 Å². The third-order valence-corrected chi connectivity index (χ3v) is 6.65. The molecule has 0 fully saturated rings. The van der Waals surface area contributed by atoms with E-state index < -0.39 is 15.1 Å². The van der Waals surface area contributed by atoms with Crippen LogP contribution in [0.2, 0.25) is 0 Å². The molecule has 1 N–H and O–H groups in total. The number of rotatable bonds is 19. The Morgan fingerprint density at radius 2 is 0.889 bits per heavy atom. The molecule has 1 atom stereocenters. The zero-order valence-electron chi connectivity index (χ0n) is 18.3. The molecule has 0 radical (unpaired) electrons. The number of hydrogen-bond donors (Lipinski definition) is 1. The van der Waals surface area contributed by atoms with Crippen LogP contribution in [0, 0.1) is 0 Å². The Labute approximate surface area is 211 Å². The quantitative estimate of drug-likeness (QED) is 0.194. The van der Waals surface area contributed by atoms with E-state index in [0.717, 1.165) is 44.9 Å². The molecule has 0 aliphatic rings. The van der Waals surface area contributed by atoms with Crippen LogP contribution in [0.3, 0.4) is 0 Å². The summed E-state index contributed by atoms with van der Waals surface area (Å²) in [4.78, 5) is -2.06. The van der Waals surface area contributed by atoms with Gasteiger partial charge in [0, 0.05) is 0 Å². The van der Waals surface area contributed by atoms with Gasteiger partial charge < -0.3 is 9.66 Å². The number of unbranched alkanes of at least 4 members (excludes halogenated alkanes) is 14. The van der Waals surface area contributed by atoms with Gasteiger partial charge in [-0.1, -0.05) is 104 Å². The maximum Gasteiger partial charge on any atom is 1.00 e. The largest absolute Gasteiger partial charge is 1.00 e. The van der Waals surface area contributed by atoms with Gasteiger partial charge in [0.25, 0.3) is 0 Å². The summed E-state index contributed by atoms with van der Waals surface area (Å²) in [6.07, 6.45) is 17.8. The topological polar surface area (TPSA) is 77.4 Å². The average molecular weight is 431 g/mol. The van der Waals surface area contributed by atoms with Crippen molar-refractivity contribution in [1.29, 1.82) is 0 Å². The monoisotopic (exact) mass is 430 g/mol. The second-order valence-electron chi connectivity index (χ2n) is 7.85. The molecular weight excluding hydrogens is 387 g/mol. The molecule has 158 valence electrons. The van der Waals surface area contributed by atoms with Crippen LogP contribution in [0.25, 0.3) is 0 Å². The van der Waals surface area contributed by atoms with Crippen LogP contribution in [0.1, 0.15) is 129 Å². The molecule has 0 rings (SSSR count). The first-order chi connectivity index (χ1) is 12.4. The second-order valence-corrected chi connectivity index (χ2v) is 9.52. The summed E-state index contributed by atoms with van der Waals surface area (Å²) < 4.78 is 34.4. The summed E-state index contributed by atoms with van der Waals surface area (Å²) >= 11 is 0. The van der Waals surface area contributed by atoms with Crippen LogP contribution in [-0.4, -0.2) is 23.0 Å². The predicted octanol–water partition coefficient (Wildman–Crippen LogP) is 3.29. The maximum atomic E-state index is 11.5. The van der Waals surface area contributed by atoms with E-state index in [4.69, 9.17) is 0 Å². The number of aliphatic hydroxyl groups is 1. The number of hydrogen-bond acceptors (Lipinski definition) is 4. The molecule has 0 aromatic heterocycles. The molecule has 6 heteroatoms. The smallest absolute Gasteiger partial charge is 0.746 e. The molecule has 0 amide bonds. The van der Waals surface area contributed by atoms with Crippen LogP contribution >= 0.6 is 0 Å². The standard InChI is InChI=1S/C21H44O4S.K/c1-3-5-7-9-10-11-12-13-14-16-18-20-21(22,26(23,24)25)19-17-15-8-6-4-2;/h22H,3-20H2,1-2H3,(H,23,24,25);/q;+1/p-1. The molecule has 27 heavy (non-hydrogen) atoms. The summed E-state index contributed by atoms with van der Waals surface area (Å²) in [6.45, 7) is 4.34. The van der Waals surface area contributed by atoms with Crippen LogP contribution in [0.5, 0.6) is 0 Å². The Balaban J connectivity index is 0. The van der Waals surface area contributed by atoms with Crippen molar-refractivity contribution in [1.82, 2.24) is 0 Å².